The van der Waals surface area contributed by atoms with E-state index in [-0.39, 0.29) is 15.5 Å². The number of ether oxygens (including phenoxy) is 1. The summed E-state index contributed by atoms with van der Waals surface area (Å²) >= 11 is 6.10. The van der Waals surface area contributed by atoms with Crippen LogP contribution in [-0.4, -0.2) is 55.0 Å². The maximum absolute atomic E-state index is 13.2. The molecular formula is C16H19ClN4O4S. The first kappa shape index (κ1) is 18.8. The number of carbonyl (C=O) groups is 1. The molecule has 140 valence electrons. The smallest absolute Gasteiger partial charge is 0.339 e. The van der Waals surface area contributed by atoms with Crippen LogP contribution in [0.2, 0.25) is 5.02 Å². The molecule has 1 aromatic carbocycles. The van der Waals surface area contributed by atoms with Gasteiger partial charge in [0.2, 0.25) is 10.0 Å². The summed E-state index contributed by atoms with van der Waals surface area (Å²) in [6.45, 7) is 1.29. The molecule has 1 atom stereocenters. The zero-order valence-corrected chi connectivity index (χ0v) is 15.9. The van der Waals surface area contributed by atoms with E-state index in [0.717, 1.165) is 0 Å². The van der Waals surface area contributed by atoms with Crippen LogP contribution in [0, 0.1) is 0 Å². The first-order chi connectivity index (χ1) is 12.4. The van der Waals surface area contributed by atoms with Crippen LogP contribution < -0.4 is 5.32 Å². The van der Waals surface area contributed by atoms with Gasteiger partial charge in [-0.3, -0.25) is 0 Å². The van der Waals surface area contributed by atoms with E-state index >= 15 is 0 Å². The molecule has 10 heteroatoms. The normalized spacial score (nSPS) is 18.7. The number of hydrogen-bond acceptors (Lipinski definition) is 6. The van der Waals surface area contributed by atoms with Crippen molar-refractivity contribution in [3.63, 3.8) is 0 Å². The number of halogens is 1. The number of aryl methyl sites for hydroxylation is 1. The van der Waals surface area contributed by atoms with Gasteiger partial charge in [0.1, 0.15) is 5.82 Å². The first-order valence-corrected chi connectivity index (χ1v) is 9.75. The third-order valence-electron chi connectivity index (χ3n) is 4.30. The molecule has 0 radical (unpaired) electrons. The Bertz CT molecular complexity index is 928. The lowest BCUT2D eigenvalue weighted by Crippen LogP contribution is -2.49. The van der Waals surface area contributed by atoms with Crippen LogP contribution in [0.5, 0.6) is 0 Å². The predicted octanol–water partition coefficient (Wildman–Crippen LogP) is 1.20. The highest BCUT2D eigenvalue weighted by Gasteiger charge is 2.36. The van der Waals surface area contributed by atoms with Gasteiger partial charge < -0.3 is 14.6 Å². The number of methoxy groups -OCH3 is 1. The van der Waals surface area contributed by atoms with Crippen molar-refractivity contribution in [3.8, 4) is 0 Å². The fraction of sp³-hybridized carbons (Fsp3) is 0.375. The fourth-order valence-electron chi connectivity index (χ4n) is 2.96. The molecule has 8 nitrogen and oxygen atoms in total. The number of imidazole rings is 1. The van der Waals surface area contributed by atoms with Gasteiger partial charge in [-0.1, -0.05) is 11.6 Å². The quantitative estimate of drug-likeness (QED) is 0.778. The van der Waals surface area contributed by atoms with Crippen molar-refractivity contribution in [1.29, 1.82) is 0 Å². The van der Waals surface area contributed by atoms with E-state index in [1.165, 1.54) is 29.6 Å². The molecule has 1 aliphatic heterocycles. The Kier molecular flexibility index (Phi) is 5.33. The largest absolute Gasteiger partial charge is 0.465 e. The minimum absolute atomic E-state index is 0.0243. The third-order valence-corrected chi connectivity index (χ3v) is 6.52. The molecule has 0 saturated carbocycles. The standard InChI is InChI=1S/C16H19ClN4O4S/c1-20-7-6-19-15(20)14-10-18-5-8-21(14)26(23,24)11-3-4-12(13(17)9-11)16(22)25-2/h3-4,6-7,9,14,18H,5,8,10H2,1-2H3. The van der Waals surface area contributed by atoms with Crippen molar-refractivity contribution in [3.05, 3.63) is 47.0 Å². The summed E-state index contributed by atoms with van der Waals surface area (Å²) in [6.07, 6.45) is 3.41. The molecule has 1 fully saturated rings. The van der Waals surface area contributed by atoms with Crippen LogP contribution in [0.15, 0.2) is 35.5 Å². The molecule has 0 amide bonds. The molecule has 1 unspecified atom stereocenters. The Morgan fingerprint density at radius 2 is 2.19 bits per heavy atom. The Balaban J connectivity index is 1.99. The molecule has 1 N–H and O–H groups in total. The van der Waals surface area contributed by atoms with Crippen LogP contribution in [0.4, 0.5) is 0 Å². The summed E-state index contributed by atoms with van der Waals surface area (Å²) in [7, 11) is -0.761. The van der Waals surface area contributed by atoms with Gasteiger partial charge in [-0.15, -0.1) is 0 Å². The van der Waals surface area contributed by atoms with Crippen molar-refractivity contribution in [2.24, 2.45) is 7.05 Å². The molecule has 0 spiro atoms. The number of benzene rings is 1. The molecule has 2 heterocycles. The highest BCUT2D eigenvalue weighted by atomic mass is 35.5. The maximum Gasteiger partial charge on any atom is 0.339 e. The van der Waals surface area contributed by atoms with E-state index in [1.54, 1.807) is 17.0 Å². The second kappa shape index (κ2) is 7.36. The summed E-state index contributed by atoms with van der Waals surface area (Å²) in [4.78, 5) is 16.0. The summed E-state index contributed by atoms with van der Waals surface area (Å²) in [5.74, 6) is 0.0325. The molecule has 0 bridgehead atoms. The number of piperazine rings is 1. The Labute approximate surface area is 156 Å². The molecule has 3 rings (SSSR count). The second-order valence-electron chi connectivity index (χ2n) is 5.87. The van der Waals surface area contributed by atoms with E-state index in [4.69, 9.17) is 11.6 Å². The van der Waals surface area contributed by atoms with Crippen molar-refractivity contribution in [2.45, 2.75) is 10.9 Å². The van der Waals surface area contributed by atoms with Crippen LogP contribution in [0.1, 0.15) is 22.2 Å². The topological polar surface area (TPSA) is 93.5 Å². The average molecular weight is 399 g/mol. The first-order valence-electron chi connectivity index (χ1n) is 7.94. The van der Waals surface area contributed by atoms with Gasteiger partial charge in [0, 0.05) is 39.1 Å². The lowest BCUT2D eigenvalue weighted by molar-refractivity contribution is 0.0601. The fourth-order valence-corrected chi connectivity index (χ4v) is 4.89. The van der Waals surface area contributed by atoms with E-state index in [9.17, 15) is 13.2 Å². The predicted molar refractivity (Wildman–Crippen MR) is 95.5 cm³/mol. The van der Waals surface area contributed by atoms with Crippen LogP contribution >= 0.6 is 11.6 Å². The molecule has 1 aliphatic rings. The van der Waals surface area contributed by atoms with E-state index in [0.29, 0.717) is 25.5 Å². The SMILES string of the molecule is COC(=O)c1ccc(S(=O)(=O)N2CCNCC2c2nccn2C)cc1Cl. The van der Waals surface area contributed by atoms with Crippen LogP contribution in [-0.2, 0) is 21.8 Å². The minimum atomic E-state index is -3.82. The number of sulfonamides is 1. The minimum Gasteiger partial charge on any atom is -0.465 e. The van der Waals surface area contributed by atoms with Crippen molar-refractivity contribution in [2.75, 3.05) is 26.7 Å². The molecular weight excluding hydrogens is 380 g/mol. The van der Waals surface area contributed by atoms with Crippen molar-refractivity contribution in [1.82, 2.24) is 19.2 Å². The number of nitrogens with zero attached hydrogens (tertiary/aromatic N) is 3. The third kappa shape index (κ3) is 3.35. The van der Waals surface area contributed by atoms with E-state index in [1.807, 2.05) is 7.05 Å². The van der Waals surface area contributed by atoms with Gasteiger partial charge in [0.05, 0.1) is 28.6 Å². The lowest BCUT2D eigenvalue weighted by atomic mass is 10.2. The zero-order valence-electron chi connectivity index (χ0n) is 14.3. The highest BCUT2D eigenvalue weighted by Crippen LogP contribution is 2.30. The van der Waals surface area contributed by atoms with Crippen molar-refractivity contribution >= 4 is 27.6 Å². The average Bonchev–Trinajstić information content (AvgIpc) is 3.06. The molecule has 1 saturated heterocycles. The summed E-state index contributed by atoms with van der Waals surface area (Å²) < 4.78 is 34.2. The Hall–Kier alpha value is -1.94. The van der Waals surface area contributed by atoms with E-state index < -0.39 is 22.0 Å². The number of aromatic nitrogens is 2. The Morgan fingerprint density at radius 3 is 2.81 bits per heavy atom. The number of nitrogens with one attached hydrogen (secondary N) is 1. The molecule has 26 heavy (non-hydrogen) atoms. The Morgan fingerprint density at radius 1 is 1.42 bits per heavy atom. The number of rotatable bonds is 4. The van der Waals surface area contributed by atoms with Gasteiger partial charge >= 0.3 is 5.97 Å². The van der Waals surface area contributed by atoms with Gasteiger partial charge in [0.25, 0.3) is 0 Å². The van der Waals surface area contributed by atoms with E-state index in [2.05, 4.69) is 15.0 Å². The number of hydrogen-bond donors (Lipinski definition) is 1. The van der Waals surface area contributed by atoms with Crippen molar-refractivity contribution < 1.29 is 17.9 Å². The molecule has 1 aromatic heterocycles. The molecule has 2 aromatic rings. The summed E-state index contributed by atoms with van der Waals surface area (Å²) in [5, 5.41) is 3.23. The number of esters is 1. The summed E-state index contributed by atoms with van der Waals surface area (Å²) in [5.41, 5.74) is 0.120. The monoisotopic (exact) mass is 398 g/mol. The van der Waals surface area contributed by atoms with Gasteiger partial charge in [0.15, 0.2) is 0 Å². The van der Waals surface area contributed by atoms with Gasteiger partial charge in [-0.25, -0.2) is 18.2 Å². The summed E-state index contributed by atoms with van der Waals surface area (Å²) in [6, 6.07) is 3.57. The highest BCUT2D eigenvalue weighted by molar-refractivity contribution is 7.89. The zero-order chi connectivity index (χ0) is 18.9. The van der Waals surface area contributed by atoms with Crippen LogP contribution in [0.25, 0.3) is 0 Å². The van der Waals surface area contributed by atoms with Crippen LogP contribution in [0.3, 0.4) is 0 Å². The van der Waals surface area contributed by atoms with Gasteiger partial charge in [-0.2, -0.15) is 4.31 Å². The van der Waals surface area contributed by atoms with Gasteiger partial charge in [-0.05, 0) is 18.2 Å². The lowest BCUT2D eigenvalue weighted by Gasteiger charge is -2.34. The maximum atomic E-state index is 13.2. The second-order valence-corrected chi connectivity index (χ2v) is 8.16. The molecule has 0 aliphatic carbocycles. The number of carbonyl (C=O) groups excluding carboxylic acids is 1.